The van der Waals surface area contributed by atoms with Gasteiger partial charge in [-0.15, -0.1) is 0 Å². The summed E-state index contributed by atoms with van der Waals surface area (Å²) in [5.74, 6) is -1.21. The van der Waals surface area contributed by atoms with Gasteiger partial charge in [-0.1, -0.05) is 13.8 Å². The molecule has 1 aliphatic rings. The van der Waals surface area contributed by atoms with Crippen LogP contribution in [0, 0.1) is 5.92 Å². The van der Waals surface area contributed by atoms with Crippen molar-refractivity contribution in [1.29, 1.82) is 0 Å². The van der Waals surface area contributed by atoms with Crippen LogP contribution in [0.1, 0.15) is 42.6 Å². The average Bonchev–Trinajstić information content (AvgIpc) is 3.32. The molecule has 2 amide bonds. The third-order valence-corrected chi connectivity index (χ3v) is 4.44. The fourth-order valence-electron chi connectivity index (χ4n) is 2.86. The van der Waals surface area contributed by atoms with Gasteiger partial charge in [0, 0.05) is 38.3 Å². The number of carbonyl (C=O) groups is 2. The van der Waals surface area contributed by atoms with Gasteiger partial charge >= 0.3 is 0 Å². The molecule has 0 aliphatic heterocycles. The van der Waals surface area contributed by atoms with Gasteiger partial charge in [0.15, 0.2) is 5.56 Å². The minimum atomic E-state index is -0.597. The number of nitrogens with one attached hydrogen (secondary N) is 1. The van der Waals surface area contributed by atoms with Crippen LogP contribution < -0.4 is 10.9 Å². The lowest BCUT2D eigenvalue weighted by Crippen LogP contribution is -2.36. The summed E-state index contributed by atoms with van der Waals surface area (Å²) in [5.41, 5.74) is -0.0617. The Balaban J connectivity index is 2.18. The second-order valence-electron chi connectivity index (χ2n) is 7.66. The van der Waals surface area contributed by atoms with Crippen molar-refractivity contribution in [2.24, 2.45) is 5.92 Å². The number of aromatic nitrogens is 3. The molecule has 2 aromatic rings. The van der Waals surface area contributed by atoms with Gasteiger partial charge in [-0.05, 0) is 24.8 Å². The van der Waals surface area contributed by atoms with Crippen molar-refractivity contribution in [3.63, 3.8) is 0 Å². The van der Waals surface area contributed by atoms with Crippen LogP contribution in [0.4, 0.5) is 0 Å². The van der Waals surface area contributed by atoms with Gasteiger partial charge in [-0.2, -0.15) is 9.61 Å². The maximum atomic E-state index is 13.1. The van der Waals surface area contributed by atoms with E-state index >= 15 is 0 Å². The molecule has 3 rings (SSSR count). The van der Waals surface area contributed by atoms with Crippen LogP contribution in [0.25, 0.3) is 11.7 Å². The first-order valence-corrected chi connectivity index (χ1v) is 9.24. The Kier molecular flexibility index (Phi) is 5.26. The van der Waals surface area contributed by atoms with Crippen LogP contribution in [-0.2, 0) is 11.3 Å². The number of rotatable bonds is 6. The standard InChI is InChI=1S/C19H25N5O4/c1-11(2)10-23-17-12(5-8-14(25)22(3)4)9-20-24(17)19(28)15(18(23)27)16(26)21-13-6-7-13/h5,8-9,11,13,28H,6-7,10H2,1-4H3,(H,21,26)/b8-5+. The highest BCUT2D eigenvalue weighted by atomic mass is 16.3. The van der Waals surface area contributed by atoms with Gasteiger partial charge in [0.1, 0.15) is 5.65 Å². The van der Waals surface area contributed by atoms with Gasteiger partial charge in [0.05, 0.1) is 6.20 Å². The van der Waals surface area contributed by atoms with Crippen LogP contribution in [0.15, 0.2) is 17.1 Å². The Hall–Kier alpha value is -3.10. The predicted octanol–water partition coefficient (Wildman–Crippen LogP) is 0.851. The molecule has 1 fully saturated rings. The van der Waals surface area contributed by atoms with E-state index < -0.39 is 17.3 Å². The van der Waals surface area contributed by atoms with Crippen molar-refractivity contribution in [2.45, 2.75) is 39.3 Å². The first-order chi connectivity index (χ1) is 13.2. The van der Waals surface area contributed by atoms with Crippen LogP contribution in [0.2, 0.25) is 0 Å². The Morgan fingerprint density at radius 3 is 2.64 bits per heavy atom. The molecule has 0 saturated heterocycles. The molecule has 0 atom stereocenters. The molecule has 9 nitrogen and oxygen atoms in total. The molecular weight excluding hydrogens is 362 g/mol. The Bertz CT molecular complexity index is 1010. The normalized spacial score (nSPS) is 14.2. The number of hydrogen-bond acceptors (Lipinski definition) is 5. The summed E-state index contributed by atoms with van der Waals surface area (Å²) >= 11 is 0. The maximum Gasteiger partial charge on any atom is 0.270 e. The van der Waals surface area contributed by atoms with Gasteiger partial charge in [-0.25, -0.2) is 0 Å². The molecule has 2 heterocycles. The lowest BCUT2D eigenvalue weighted by Gasteiger charge is -2.15. The molecule has 2 aromatic heterocycles. The number of carbonyl (C=O) groups excluding carboxylic acids is 2. The Morgan fingerprint density at radius 2 is 2.07 bits per heavy atom. The summed E-state index contributed by atoms with van der Waals surface area (Å²) < 4.78 is 2.60. The highest BCUT2D eigenvalue weighted by molar-refractivity contribution is 5.97. The highest BCUT2D eigenvalue weighted by Gasteiger charge is 2.29. The van der Waals surface area contributed by atoms with Crippen molar-refractivity contribution >= 4 is 23.5 Å². The van der Waals surface area contributed by atoms with E-state index in [2.05, 4.69) is 10.4 Å². The molecule has 150 valence electrons. The van der Waals surface area contributed by atoms with Crippen molar-refractivity contribution in [1.82, 2.24) is 24.4 Å². The van der Waals surface area contributed by atoms with E-state index in [1.54, 1.807) is 20.2 Å². The highest BCUT2D eigenvalue weighted by Crippen LogP contribution is 2.23. The number of fused-ring (bicyclic) bond motifs is 1. The van der Waals surface area contributed by atoms with E-state index in [0.717, 1.165) is 12.8 Å². The number of amides is 2. The van der Waals surface area contributed by atoms with Crippen molar-refractivity contribution in [2.75, 3.05) is 14.1 Å². The van der Waals surface area contributed by atoms with Gasteiger partial charge in [0.25, 0.3) is 11.5 Å². The molecule has 9 heteroatoms. The second kappa shape index (κ2) is 7.49. The zero-order valence-corrected chi connectivity index (χ0v) is 16.5. The van der Waals surface area contributed by atoms with Crippen molar-refractivity contribution in [3.8, 4) is 5.88 Å². The summed E-state index contributed by atoms with van der Waals surface area (Å²) in [6, 6.07) is 0.0497. The van der Waals surface area contributed by atoms with Gasteiger partial charge in [0.2, 0.25) is 11.8 Å². The third kappa shape index (κ3) is 3.78. The number of aromatic hydroxyl groups is 1. The molecule has 0 unspecified atom stereocenters. The first kappa shape index (κ1) is 19.7. The predicted molar refractivity (Wildman–Crippen MR) is 104 cm³/mol. The topological polar surface area (TPSA) is 109 Å². The van der Waals surface area contributed by atoms with E-state index in [1.165, 1.54) is 26.3 Å². The summed E-state index contributed by atoms with van der Waals surface area (Å²) in [5, 5.41) is 17.5. The van der Waals surface area contributed by atoms with Crippen LogP contribution in [-0.4, -0.2) is 56.1 Å². The minimum absolute atomic E-state index is 0.0497. The molecular formula is C19H25N5O4. The van der Waals surface area contributed by atoms with Crippen molar-refractivity contribution in [3.05, 3.63) is 33.8 Å². The van der Waals surface area contributed by atoms with Crippen LogP contribution >= 0.6 is 0 Å². The summed E-state index contributed by atoms with van der Waals surface area (Å²) in [6.07, 6.45) is 6.10. The SMILES string of the molecule is CC(C)Cn1c(=O)c(C(=O)NC2CC2)c(O)n2ncc(/C=C/C(=O)N(C)C)c12. The zero-order valence-electron chi connectivity index (χ0n) is 16.5. The molecule has 0 radical (unpaired) electrons. The number of hydrogen-bond donors (Lipinski definition) is 2. The first-order valence-electron chi connectivity index (χ1n) is 9.24. The summed E-state index contributed by atoms with van der Waals surface area (Å²) in [6.45, 7) is 4.23. The monoisotopic (exact) mass is 387 g/mol. The smallest absolute Gasteiger partial charge is 0.270 e. The molecule has 0 bridgehead atoms. The summed E-state index contributed by atoms with van der Waals surface area (Å²) in [7, 11) is 3.27. The van der Waals surface area contributed by atoms with Crippen LogP contribution in [0.3, 0.4) is 0 Å². The largest absolute Gasteiger partial charge is 0.492 e. The van der Waals surface area contributed by atoms with E-state index in [0.29, 0.717) is 17.8 Å². The number of likely N-dealkylation sites (N-methyl/N-ethyl adjacent to an activating group) is 1. The van der Waals surface area contributed by atoms with E-state index in [-0.39, 0.29) is 23.4 Å². The van der Waals surface area contributed by atoms with Crippen molar-refractivity contribution < 1.29 is 14.7 Å². The fourth-order valence-corrected chi connectivity index (χ4v) is 2.86. The average molecular weight is 387 g/mol. The van der Waals surface area contributed by atoms with Crippen LogP contribution in [0.5, 0.6) is 5.88 Å². The van der Waals surface area contributed by atoms with E-state index in [1.807, 2.05) is 13.8 Å². The fraction of sp³-hybridized carbons (Fsp3) is 0.474. The molecule has 1 aliphatic carbocycles. The zero-order chi connectivity index (χ0) is 20.6. The molecule has 0 spiro atoms. The molecule has 2 N–H and O–H groups in total. The lowest BCUT2D eigenvalue weighted by atomic mass is 10.2. The third-order valence-electron chi connectivity index (χ3n) is 4.44. The quantitative estimate of drug-likeness (QED) is 0.715. The molecule has 28 heavy (non-hydrogen) atoms. The number of nitrogens with zero attached hydrogens (tertiary/aromatic N) is 4. The Morgan fingerprint density at radius 1 is 1.39 bits per heavy atom. The minimum Gasteiger partial charge on any atom is -0.492 e. The summed E-state index contributed by atoms with van der Waals surface area (Å²) in [4.78, 5) is 38.9. The lowest BCUT2D eigenvalue weighted by molar-refractivity contribution is -0.123. The van der Waals surface area contributed by atoms with Gasteiger partial charge in [-0.3, -0.25) is 19.0 Å². The Labute approximate surface area is 162 Å². The molecule has 1 saturated carbocycles. The van der Waals surface area contributed by atoms with E-state index in [4.69, 9.17) is 0 Å². The van der Waals surface area contributed by atoms with Gasteiger partial charge < -0.3 is 15.3 Å². The maximum absolute atomic E-state index is 13.1. The second-order valence-corrected chi connectivity index (χ2v) is 7.66. The van der Waals surface area contributed by atoms with E-state index in [9.17, 15) is 19.5 Å². The molecule has 0 aromatic carbocycles.